The van der Waals surface area contributed by atoms with Crippen LogP contribution < -0.4 is 15.6 Å². The Bertz CT molecular complexity index is 1040. The molecule has 7 nitrogen and oxygen atoms in total. The molecule has 150 valence electrons. The monoisotopic (exact) mass is 393 g/mol. The second-order valence-corrected chi connectivity index (χ2v) is 7.41. The Kier molecular flexibility index (Phi) is 5.68. The van der Waals surface area contributed by atoms with Gasteiger partial charge in [-0.15, -0.1) is 0 Å². The molecular weight excluding hydrogens is 370 g/mol. The topological polar surface area (TPSA) is 89.5 Å². The number of aromatic nitrogens is 1. The lowest BCUT2D eigenvalue weighted by atomic mass is 10.1. The summed E-state index contributed by atoms with van der Waals surface area (Å²) in [6.07, 6.45) is -0.723. The Balaban J connectivity index is 1.69. The zero-order valence-electron chi connectivity index (χ0n) is 16.8. The fourth-order valence-electron chi connectivity index (χ4n) is 2.67. The highest BCUT2D eigenvalue weighted by atomic mass is 16.6. The third-order valence-electron chi connectivity index (χ3n) is 4.02. The Hall–Kier alpha value is -3.61. The summed E-state index contributed by atoms with van der Waals surface area (Å²) in [6, 6.07) is 16.5. The van der Waals surface area contributed by atoms with E-state index in [2.05, 4.69) is 15.8 Å². The van der Waals surface area contributed by atoms with Crippen LogP contribution in [0, 0.1) is 0 Å². The molecule has 2 N–H and O–H groups in total. The highest BCUT2D eigenvalue weighted by molar-refractivity contribution is 5.95. The lowest BCUT2D eigenvalue weighted by Gasteiger charge is -2.19. The molecular formula is C22H23N3O4. The molecule has 1 heterocycles. The van der Waals surface area contributed by atoms with Crippen molar-refractivity contribution >= 4 is 22.9 Å². The second-order valence-electron chi connectivity index (χ2n) is 7.41. The van der Waals surface area contributed by atoms with Crippen molar-refractivity contribution < 1.29 is 19.1 Å². The van der Waals surface area contributed by atoms with E-state index in [0.29, 0.717) is 5.56 Å². The van der Waals surface area contributed by atoms with Crippen LogP contribution in [0.15, 0.2) is 54.6 Å². The first-order chi connectivity index (χ1) is 13.7. The van der Waals surface area contributed by atoms with Gasteiger partial charge < -0.3 is 9.47 Å². The number of methoxy groups -OCH3 is 1. The standard InChI is InChI=1S/C22H23N3O4/c1-22(2,3)29-21(27)25-24-20(26)15-7-5-14(6-8-15)18-11-9-16-13-17(28-4)10-12-19(16)23-18/h5-13H,1-4H3,(H,24,26)(H,25,27). The maximum atomic E-state index is 12.2. The minimum Gasteiger partial charge on any atom is -0.497 e. The van der Waals surface area contributed by atoms with Crippen molar-refractivity contribution in [2.24, 2.45) is 0 Å². The smallest absolute Gasteiger partial charge is 0.426 e. The maximum absolute atomic E-state index is 12.2. The zero-order chi connectivity index (χ0) is 21.0. The van der Waals surface area contributed by atoms with Crippen LogP contribution in [-0.4, -0.2) is 29.7 Å². The van der Waals surface area contributed by atoms with E-state index in [-0.39, 0.29) is 0 Å². The molecule has 0 saturated carbocycles. The van der Waals surface area contributed by atoms with E-state index in [4.69, 9.17) is 9.47 Å². The van der Waals surface area contributed by atoms with Gasteiger partial charge in [-0.1, -0.05) is 18.2 Å². The number of ether oxygens (including phenoxy) is 2. The highest BCUT2D eigenvalue weighted by Gasteiger charge is 2.16. The molecule has 1 aromatic heterocycles. The lowest BCUT2D eigenvalue weighted by molar-refractivity contribution is 0.0483. The van der Waals surface area contributed by atoms with Crippen LogP contribution in [0.2, 0.25) is 0 Å². The summed E-state index contributed by atoms with van der Waals surface area (Å²) in [7, 11) is 1.63. The van der Waals surface area contributed by atoms with Crippen LogP contribution in [0.25, 0.3) is 22.2 Å². The summed E-state index contributed by atoms with van der Waals surface area (Å²) >= 11 is 0. The van der Waals surface area contributed by atoms with Crippen molar-refractivity contribution in [1.82, 2.24) is 15.8 Å². The Morgan fingerprint density at radius 2 is 1.66 bits per heavy atom. The number of hydrazine groups is 1. The summed E-state index contributed by atoms with van der Waals surface area (Å²) in [5.41, 5.74) is 6.83. The van der Waals surface area contributed by atoms with E-state index in [1.54, 1.807) is 52.1 Å². The fourth-order valence-corrected chi connectivity index (χ4v) is 2.67. The van der Waals surface area contributed by atoms with Crippen molar-refractivity contribution in [2.75, 3.05) is 7.11 Å². The molecule has 0 aliphatic rings. The summed E-state index contributed by atoms with van der Waals surface area (Å²) in [4.78, 5) is 28.5. The van der Waals surface area contributed by atoms with Gasteiger partial charge >= 0.3 is 6.09 Å². The van der Waals surface area contributed by atoms with E-state index in [1.807, 2.05) is 30.3 Å². The van der Waals surface area contributed by atoms with E-state index in [1.165, 1.54) is 0 Å². The summed E-state index contributed by atoms with van der Waals surface area (Å²) < 4.78 is 10.3. The van der Waals surface area contributed by atoms with Crippen LogP contribution >= 0.6 is 0 Å². The predicted molar refractivity (Wildman–Crippen MR) is 111 cm³/mol. The molecule has 2 amide bonds. The molecule has 0 unspecified atom stereocenters. The van der Waals surface area contributed by atoms with Crippen molar-refractivity contribution in [2.45, 2.75) is 26.4 Å². The minimum absolute atomic E-state index is 0.398. The van der Waals surface area contributed by atoms with Gasteiger partial charge in [0.25, 0.3) is 5.91 Å². The van der Waals surface area contributed by atoms with Crippen LogP contribution in [0.1, 0.15) is 31.1 Å². The number of rotatable bonds is 3. The SMILES string of the molecule is COc1ccc2nc(-c3ccc(C(=O)NNC(=O)OC(C)(C)C)cc3)ccc2c1. The number of amides is 2. The van der Waals surface area contributed by atoms with Gasteiger partial charge in [-0.05, 0) is 57.2 Å². The predicted octanol–water partition coefficient (Wildman–Crippen LogP) is 4.08. The molecule has 2 aromatic carbocycles. The fraction of sp³-hybridized carbons (Fsp3) is 0.227. The van der Waals surface area contributed by atoms with Crippen LogP contribution in [-0.2, 0) is 4.74 Å². The average molecular weight is 393 g/mol. The van der Waals surface area contributed by atoms with Crippen molar-refractivity contribution in [1.29, 1.82) is 0 Å². The number of benzene rings is 2. The third kappa shape index (κ3) is 5.22. The van der Waals surface area contributed by atoms with Crippen molar-refractivity contribution in [3.8, 4) is 17.0 Å². The third-order valence-corrected chi connectivity index (χ3v) is 4.02. The molecule has 0 radical (unpaired) electrons. The average Bonchev–Trinajstić information content (AvgIpc) is 2.70. The van der Waals surface area contributed by atoms with Gasteiger partial charge in [-0.25, -0.2) is 15.2 Å². The minimum atomic E-state index is -0.723. The molecule has 29 heavy (non-hydrogen) atoms. The van der Waals surface area contributed by atoms with Gasteiger partial charge in [0.2, 0.25) is 0 Å². The number of hydrogen-bond donors (Lipinski definition) is 2. The molecule has 0 spiro atoms. The largest absolute Gasteiger partial charge is 0.497 e. The number of pyridine rings is 1. The number of nitrogens with one attached hydrogen (secondary N) is 2. The second kappa shape index (κ2) is 8.18. The molecule has 0 fully saturated rings. The van der Waals surface area contributed by atoms with E-state index in [0.717, 1.165) is 27.9 Å². The summed E-state index contributed by atoms with van der Waals surface area (Å²) in [6.45, 7) is 5.22. The highest BCUT2D eigenvalue weighted by Crippen LogP contribution is 2.24. The molecule has 7 heteroatoms. The first-order valence-electron chi connectivity index (χ1n) is 9.10. The molecule has 0 bridgehead atoms. The van der Waals surface area contributed by atoms with Gasteiger partial charge in [-0.2, -0.15) is 0 Å². The Morgan fingerprint density at radius 1 is 0.931 bits per heavy atom. The van der Waals surface area contributed by atoms with E-state index in [9.17, 15) is 9.59 Å². The first kappa shape index (κ1) is 20.1. The summed E-state index contributed by atoms with van der Waals surface area (Å²) in [5, 5.41) is 0.984. The Morgan fingerprint density at radius 3 is 2.31 bits per heavy atom. The molecule has 0 saturated heterocycles. The van der Waals surface area contributed by atoms with E-state index < -0.39 is 17.6 Å². The normalized spacial score (nSPS) is 11.0. The quantitative estimate of drug-likeness (QED) is 0.655. The zero-order valence-corrected chi connectivity index (χ0v) is 16.8. The van der Waals surface area contributed by atoms with Crippen LogP contribution in [0.4, 0.5) is 4.79 Å². The van der Waals surface area contributed by atoms with Crippen molar-refractivity contribution in [3.05, 3.63) is 60.2 Å². The number of nitrogens with zero attached hydrogens (tertiary/aromatic N) is 1. The number of fused-ring (bicyclic) bond motifs is 1. The molecule has 0 atom stereocenters. The molecule has 0 aliphatic heterocycles. The van der Waals surface area contributed by atoms with Gasteiger partial charge in [0.15, 0.2) is 0 Å². The number of carbonyl (C=O) groups is 2. The first-order valence-corrected chi connectivity index (χ1v) is 9.10. The molecule has 0 aliphatic carbocycles. The van der Waals surface area contributed by atoms with Crippen LogP contribution in [0.5, 0.6) is 5.75 Å². The van der Waals surface area contributed by atoms with Crippen LogP contribution in [0.3, 0.4) is 0 Å². The molecule has 3 aromatic rings. The number of carbonyl (C=O) groups excluding carboxylic acids is 2. The number of hydrogen-bond acceptors (Lipinski definition) is 5. The van der Waals surface area contributed by atoms with Gasteiger partial charge in [0, 0.05) is 16.5 Å². The lowest BCUT2D eigenvalue weighted by Crippen LogP contribution is -2.44. The summed E-state index contributed by atoms with van der Waals surface area (Å²) in [5.74, 6) is 0.336. The van der Waals surface area contributed by atoms with Gasteiger partial charge in [-0.3, -0.25) is 10.2 Å². The van der Waals surface area contributed by atoms with E-state index >= 15 is 0 Å². The van der Waals surface area contributed by atoms with Gasteiger partial charge in [0.05, 0.1) is 18.3 Å². The van der Waals surface area contributed by atoms with Crippen molar-refractivity contribution in [3.63, 3.8) is 0 Å². The molecule has 3 rings (SSSR count). The maximum Gasteiger partial charge on any atom is 0.426 e. The van der Waals surface area contributed by atoms with Gasteiger partial charge in [0.1, 0.15) is 11.4 Å². The Labute approximate surface area is 169 Å².